The van der Waals surface area contributed by atoms with Crippen molar-refractivity contribution in [2.75, 3.05) is 6.54 Å². The summed E-state index contributed by atoms with van der Waals surface area (Å²) in [6.07, 6.45) is 3.09. The van der Waals surface area contributed by atoms with Gasteiger partial charge in [0, 0.05) is 12.1 Å². The predicted molar refractivity (Wildman–Crippen MR) is 96.0 cm³/mol. The molecular formula is C20H20FNO4. The summed E-state index contributed by atoms with van der Waals surface area (Å²) in [4.78, 5) is 22.3. The van der Waals surface area contributed by atoms with Gasteiger partial charge in [-0.05, 0) is 29.7 Å². The Kier molecular flexibility index (Phi) is 7.36. The Balaban J connectivity index is 1.73. The average Bonchev–Trinajstić information content (AvgIpc) is 2.62. The number of nitrogens with one attached hydrogen (secondary N) is 1. The molecule has 0 fully saturated rings. The van der Waals surface area contributed by atoms with E-state index in [1.807, 2.05) is 30.3 Å². The summed E-state index contributed by atoms with van der Waals surface area (Å²) in [6.45, 7) is 0.546. The minimum Gasteiger partial charge on any atom is -0.481 e. The molecule has 2 aromatic rings. The van der Waals surface area contributed by atoms with Gasteiger partial charge in [-0.1, -0.05) is 48.6 Å². The lowest BCUT2D eigenvalue weighted by Crippen LogP contribution is -2.24. The summed E-state index contributed by atoms with van der Waals surface area (Å²) >= 11 is 0. The van der Waals surface area contributed by atoms with Gasteiger partial charge in [0.2, 0.25) is 0 Å². The van der Waals surface area contributed by atoms with Crippen LogP contribution in [0.25, 0.3) is 6.08 Å². The number of carboxylic acids is 1. The van der Waals surface area contributed by atoms with Gasteiger partial charge in [0.1, 0.15) is 12.4 Å². The number of hydrogen-bond acceptors (Lipinski definition) is 3. The average molecular weight is 357 g/mol. The van der Waals surface area contributed by atoms with Crippen LogP contribution in [0.1, 0.15) is 23.1 Å². The quantitative estimate of drug-likeness (QED) is 0.705. The standard InChI is InChI=1S/C20H20FNO4/c21-18-10-9-16(13-19(23)24)12-17(18)8-4-5-11-22-20(25)26-14-15-6-2-1-3-7-15/h1-4,6-10,12H,5,11,13-14H2,(H,22,25)(H,23,24). The molecular weight excluding hydrogens is 337 g/mol. The number of rotatable bonds is 8. The maximum atomic E-state index is 13.7. The van der Waals surface area contributed by atoms with Crippen LogP contribution < -0.4 is 5.32 Å². The summed E-state index contributed by atoms with van der Waals surface area (Å²) in [5, 5.41) is 11.4. The van der Waals surface area contributed by atoms with Crippen molar-refractivity contribution < 1.29 is 23.8 Å². The van der Waals surface area contributed by atoms with E-state index in [2.05, 4.69) is 5.32 Å². The van der Waals surface area contributed by atoms with Gasteiger partial charge < -0.3 is 15.2 Å². The fourth-order valence-corrected chi connectivity index (χ4v) is 2.25. The van der Waals surface area contributed by atoms with E-state index in [9.17, 15) is 14.0 Å². The Morgan fingerprint density at radius 1 is 1.12 bits per heavy atom. The Hall–Kier alpha value is -3.15. The smallest absolute Gasteiger partial charge is 0.407 e. The number of halogens is 1. The maximum Gasteiger partial charge on any atom is 0.407 e. The molecule has 0 aliphatic rings. The van der Waals surface area contributed by atoms with Gasteiger partial charge in [-0.3, -0.25) is 4.79 Å². The van der Waals surface area contributed by atoms with Gasteiger partial charge in [-0.25, -0.2) is 9.18 Å². The second-order valence-electron chi connectivity index (χ2n) is 5.61. The predicted octanol–water partition coefficient (Wildman–Crippen LogP) is 3.78. The van der Waals surface area contributed by atoms with Crippen LogP contribution in [0.5, 0.6) is 0 Å². The van der Waals surface area contributed by atoms with Crippen LogP contribution >= 0.6 is 0 Å². The monoisotopic (exact) mass is 357 g/mol. The summed E-state index contributed by atoms with van der Waals surface area (Å²) in [7, 11) is 0. The molecule has 0 aromatic heterocycles. The minimum atomic E-state index is -0.968. The molecule has 5 nitrogen and oxygen atoms in total. The fraction of sp³-hybridized carbons (Fsp3) is 0.200. The summed E-state index contributed by atoms with van der Waals surface area (Å²) < 4.78 is 18.8. The Morgan fingerprint density at radius 2 is 1.88 bits per heavy atom. The van der Waals surface area contributed by atoms with Crippen molar-refractivity contribution in [1.82, 2.24) is 5.32 Å². The molecule has 1 amide bonds. The number of carbonyl (C=O) groups excluding carboxylic acids is 1. The van der Waals surface area contributed by atoms with E-state index in [1.54, 1.807) is 12.2 Å². The van der Waals surface area contributed by atoms with Crippen molar-refractivity contribution in [2.45, 2.75) is 19.4 Å². The third-order valence-corrected chi connectivity index (χ3v) is 3.51. The molecule has 0 aliphatic carbocycles. The van der Waals surface area contributed by atoms with Crippen molar-refractivity contribution in [2.24, 2.45) is 0 Å². The topological polar surface area (TPSA) is 75.6 Å². The van der Waals surface area contributed by atoms with E-state index >= 15 is 0 Å². The van der Waals surface area contributed by atoms with E-state index < -0.39 is 17.9 Å². The first kappa shape index (κ1) is 19.2. The molecule has 136 valence electrons. The zero-order chi connectivity index (χ0) is 18.8. The van der Waals surface area contributed by atoms with Crippen LogP contribution in [0.4, 0.5) is 9.18 Å². The molecule has 2 aromatic carbocycles. The molecule has 2 rings (SSSR count). The normalized spacial score (nSPS) is 10.7. The number of ether oxygens (including phenoxy) is 1. The SMILES string of the molecule is O=C(O)Cc1ccc(F)c(C=CCCNC(=O)OCc2ccccc2)c1. The van der Waals surface area contributed by atoms with Crippen LogP contribution in [-0.2, 0) is 22.6 Å². The number of carbonyl (C=O) groups is 2. The molecule has 2 N–H and O–H groups in total. The molecule has 0 atom stereocenters. The molecule has 0 radical (unpaired) electrons. The van der Waals surface area contributed by atoms with Gasteiger partial charge in [-0.15, -0.1) is 0 Å². The van der Waals surface area contributed by atoms with Crippen LogP contribution in [0.2, 0.25) is 0 Å². The molecule has 0 saturated heterocycles. The van der Waals surface area contributed by atoms with Gasteiger partial charge in [-0.2, -0.15) is 0 Å². The summed E-state index contributed by atoms with van der Waals surface area (Å²) in [5.41, 5.74) is 1.75. The lowest BCUT2D eigenvalue weighted by molar-refractivity contribution is -0.136. The van der Waals surface area contributed by atoms with Crippen molar-refractivity contribution in [3.8, 4) is 0 Å². The van der Waals surface area contributed by atoms with E-state index in [1.165, 1.54) is 18.2 Å². The molecule has 0 saturated carbocycles. The fourth-order valence-electron chi connectivity index (χ4n) is 2.25. The molecule has 26 heavy (non-hydrogen) atoms. The summed E-state index contributed by atoms with van der Waals surface area (Å²) in [6, 6.07) is 13.5. The molecule has 0 aliphatic heterocycles. The lowest BCUT2D eigenvalue weighted by Gasteiger charge is -2.06. The maximum absolute atomic E-state index is 13.7. The zero-order valence-corrected chi connectivity index (χ0v) is 14.2. The van der Waals surface area contributed by atoms with Crippen LogP contribution in [0.15, 0.2) is 54.6 Å². The van der Waals surface area contributed by atoms with E-state index in [4.69, 9.17) is 9.84 Å². The van der Waals surface area contributed by atoms with E-state index in [-0.39, 0.29) is 13.0 Å². The molecule has 0 unspecified atom stereocenters. The first-order valence-electron chi connectivity index (χ1n) is 8.16. The number of amides is 1. The van der Waals surface area contributed by atoms with Crippen molar-refractivity contribution in [3.63, 3.8) is 0 Å². The first-order chi connectivity index (χ1) is 12.5. The Morgan fingerprint density at radius 3 is 2.62 bits per heavy atom. The zero-order valence-electron chi connectivity index (χ0n) is 14.2. The highest BCUT2D eigenvalue weighted by molar-refractivity contribution is 5.70. The van der Waals surface area contributed by atoms with Gasteiger partial charge in [0.15, 0.2) is 0 Å². The largest absolute Gasteiger partial charge is 0.481 e. The van der Waals surface area contributed by atoms with Crippen molar-refractivity contribution in [1.29, 1.82) is 0 Å². The van der Waals surface area contributed by atoms with Crippen LogP contribution in [0, 0.1) is 5.82 Å². The van der Waals surface area contributed by atoms with Crippen LogP contribution in [-0.4, -0.2) is 23.7 Å². The van der Waals surface area contributed by atoms with Gasteiger partial charge in [0.25, 0.3) is 0 Å². The van der Waals surface area contributed by atoms with Crippen molar-refractivity contribution >= 4 is 18.1 Å². The minimum absolute atomic E-state index is 0.157. The Bertz CT molecular complexity index is 775. The number of carboxylic acid groups (broad SMARTS) is 1. The molecule has 6 heteroatoms. The lowest BCUT2D eigenvalue weighted by atomic mass is 10.1. The molecule has 0 heterocycles. The molecule has 0 bridgehead atoms. The summed E-state index contributed by atoms with van der Waals surface area (Å²) in [5.74, 6) is -1.39. The third kappa shape index (κ3) is 6.76. The number of hydrogen-bond donors (Lipinski definition) is 2. The van der Waals surface area contributed by atoms with Gasteiger partial charge >= 0.3 is 12.1 Å². The van der Waals surface area contributed by atoms with Crippen molar-refractivity contribution in [3.05, 3.63) is 77.1 Å². The number of benzene rings is 2. The number of alkyl carbamates (subject to hydrolysis) is 1. The second kappa shape index (κ2) is 9.98. The van der Waals surface area contributed by atoms with E-state index in [0.717, 1.165) is 5.56 Å². The van der Waals surface area contributed by atoms with E-state index in [0.29, 0.717) is 24.1 Å². The number of aliphatic carboxylic acids is 1. The highest BCUT2D eigenvalue weighted by atomic mass is 19.1. The first-order valence-corrected chi connectivity index (χ1v) is 8.16. The Labute approximate surface area is 151 Å². The highest BCUT2D eigenvalue weighted by Gasteiger charge is 2.05. The third-order valence-electron chi connectivity index (χ3n) is 3.51. The molecule has 0 spiro atoms. The highest BCUT2D eigenvalue weighted by Crippen LogP contribution is 2.13. The van der Waals surface area contributed by atoms with Gasteiger partial charge in [0.05, 0.1) is 6.42 Å². The van der Waals surface area contributed by atoms with Crippen LogP contribution in [0.3, 0.4) is 0 Å². The second-order valence-corrected chi connectivity index (χ2v) is 5.61.